The quantitative estimate of drug-likeness (QED) is 0.598. The van der Waals surface area contributed by atoms with Crippen molar-refractivity contribution in [2.24, 2.45) is 5.92 Å². The second kappa shape index (κ2) is 9.28. The van der Waals surface area contributed by atoms with Gasteiger partial charge in [-0.2, -0.15) is 13.2 Å². The van der Waals surface area contributed by atoms with E-state index in [1.165, 1.54) is 37.6 Å². The van der Waals surface area contributed by atoms with Crippen molar-refractivity contribution >= 4 is 11.6 Å². The van der Waals surface area contributed by atoms with E-state index in [1.807, 2.05) is 6.92 Å². The minimum Gasteiger partial charge on any atom is -0.496 e. The second-order valence-corrected chi connectivity index (χ2v) is 8.54. The largest absolute Gasteiger partial charge is 0.496 e. The molecule has 1 aromatic heterocycles. The summed E-state index contributed by atoms with van der Waals surface area (Å²) in [7, 11) is 1.17. The number of rotatable bonds is 6. The Balaban J connectivity index is 1.96. The fourth-order valence-electron chi connectivity index (χ4n) is 4.10. The zero-order valence-corrected chi connectivity index (χ0v) is 18.7. The molecule has 1 aliphatic heterocycles. The minimum atomic E-state index is -4.62. The van der Waals surface area contributed by atoms with Gasteiger partial charge in [0.15, 0.2) is 0 Å². The smallest absolute Gasteiger partial charge is 0.419 e. The van der Waals surface area contributed by atoms with Crippen LogP contribution in [0.25, 0.3) is 0 Å². The third-order valence-electron chi connectivity index (χ3n) is 6.13. The number of hydrogen-bond acceptors (Lipinski definition) is 6. The van der Waals surface area contributed by atoms with Crippen molar-refractivity contribution in [3.8, 4) is 5.75 Å². The van der Waals surface area contributed by atoms with Gasteiger partial charge in [0.1, 0.15) is 18.0 Å². The van der Waals surface area contributed by atoms with Crippen molar-refractivity contribution in [3.63, 3.8) is 0 Å². The number of pyridine rings is 1. The maximum Gasteiger partial charge on any atom is 0.419 e. The number of methoxy groups -OCH3 is 1. The van der Waals surface area contributed by atoms with Crippen LogP contribution in [0.15, 0.2) is 36.5 Å². The summed E-state index contributed by atoms with van der Waals surface area (Å²) in [6, 6.07) is 6.71. The standard InChI is InChI=1S/C23H27F3N2O5/c1-12-18(14-6-5-7-15(19(14)32-4)23(24,25)26)20(33-22(12,2)3)21(31)28-13-8-9-16(27-10-13)17(30)11-29/h5-10,12,17-18,20,29-30H,11H2,1-4H3,(H,28,31)/t12-,17-,18-,20+/m0/s1. The number of alkyl halides is 3. The molecule has 0 spiro atoms. The second-order valence-electron chi connectivity index (χ2n) is 8.54. The highest BCUT2D eigenvalue weighted by atomic mass is 19.4. The molecule has 0 aliphatic carbocycles. The lowest BCUT2D eigenvalue weighted by molar-refractivity contribution is -0.138. The van der Waals surface area contributed by atoms with Gasteiger partial charge >= 0.3 is 6.18 Å². The van der Waals surface area contributed by atoms with Crippen LogP contribution in [0.2, 0.25) is 0 Å². The number of anilines is 1. The number of nitrogens with one attached hydrogen (secondary N) is 1. The van der Waals surface area contributed by atoms with E-state index in [-0.39, 0.29) is 22.9 Å². The molecule has 1 aromatic carbocycles. The fraction of sp³-hybridized carbons (Fsp3) is 0.478. The Morgan fingerprint density at radius 3 is 2.55 bits per heavy atom. The van der Waals surface area contributed by atoms with Gasteiger partial charge in [0.05, 0.1) is 42.5 Å². The van der Waals surface area contributed by atoms with Crippen LogP contribution in [0, 0.1) is 5.92 Å². The maximum atomic E-state index is 13.6. The van der Waals surface area contributed by atoms with E-state index >= 15 is 0 Å². The number of ether oxygens (including phenoxy) is 2. The van der Waals surface area contributed by atoms with Crippen molar-refractivity contribution in [2.45, 2.75) is 50.7 Å². The molecule has 0 radical (unpaired) electrons. The lowest BCUT2D eigenvalue weighted by Gasteiger charge is -2.26. The number of carbonyl (C=O) groups excluding carboxylic acids is 1. The van der Waals surface area contributed by atoms with Crippen LogP contribution in [0.4, 0.5) is 18.9 Å². The summed E-state index contributed by atoms with van der Waals surface area (Å²) in [5, 5.41) is 21.3. The van der Waals surface area contributed by atoms with Crippen molar-refractivity contribution in [1.29, 1.82) is 0 Å². The van der Waals surface area contributed by atoms with Crippen molar-refractivity contribution < 1.29 is 37.7 Å². The summed E-state index contributed by atoms with van der Waals surface area (Å²) in [5.41, 5.74) is -0.927. The third-order valence-corrected chi connectivity index (χ3v) is 6.13. The Kier molecular flexibility index (Phi) is 7.01. The number of amides is 1. The molecule has 4 atom stereocenters. The van der Waals surface area contributed by atoms with E-state index in [1.54, 1.807) is 13.8 Å². The Morgan fingerprint density at radius 1 is 1.30 bits per heavy atom. The topological polar surface area (TPSA) is 101 Å². The molecule has 10 heteroatoms. The molecule has 1 amide bonds. The molecule has 0 bridgehead atoms. The summed E-state index contributed by atoms with van der Waals surface area (Å²) < 4.78 is 51.9. The van der Waals surface area contributed by atoms with Gasteiger partial charge < -0.3 is 25.0 Å². The summed E-state index contributed by atoms with van der Waals surface area (Å²) in [5.74, 6) is -1.90. The van der Waals surface area contributed by atoms with E-state index in [0.717, 1.165) is 6.07 Å². The van der Waals surface area contributed by atoms with Gasteiger partial charge in [-0.1, -0.05) is 19.1 Å². The van der Waals surface area contributed by atoms with Crippen molar-refractivity contribution in [1.82, 2.24) is 4.98 Å². The molecule has 3 N–H and O–H groups in total. The molecule has 7 nitrogen and oxygen atoms in total. The predicted molar refractivity (Wildman–Crippen MR) is 114 cm³/mol. The number of hydrogen-bond donors (Lipinski definition) is 3. The van der Waals surface area contributed by atoms with Crippen LogP contribution < -0.4 is 10.1 Å². The van der Waals surface area contributed by atoms with Crippen molar-refractivity contribution in [2.75, 3.05) is 19.0 Å². The van der Waals surface area contributed by atoms with Gasteiger partial charge in [-0.05, 0) is 38.0 Å². The molecular formula is C23H27F3N2O5. The molecule has 2 heterocycles. The molecule has 33 heavy (non-hydrogen) atoms. The highest BCUT2D eigenvalue weighted by Gasteiger charge is 2.52. The molecule has 0 saturated carbocycles. The lowest BCUT2D eigenvalue weighted by Crippen LogP contribution is -2.33. The first-order valence-corrected chi connectivity index (χ1v) is 10.4. The van der Waals surface area contributed by atoms with Crippen molar-refractivity contribution in [3.05, 3.63) is 53.3 Å². The van der Waals surface area contributed by atoms with Crippen LogP contribution in [0.3, 0.4) is 0 Å². The van der Waals surface area contributed by atoms with Gasteiger partial charge in [0.2, 0.25) is 0 Å². The number of aromatic nitrogens is 1. The van der Waals surface area contributed by atoms with Gasteiger partial charge in [-0.25, -0.2) is 0 Å². The average Bonchev–Trinajstić information content (AvgIpc) is 3.01. The predicted octanol–water partition coefficient (Wildman–Crippen LogP) is 3.67. The number of nitrogens with zero attached hydrogens (tertiary/aromatic N) is 1. The molecule has 2 aromatic rings. The first-order valence-electron chi connectivity index (χ1n) is 10.4. The van der Waals surface area contributed by atoms with Crippen LogP contribution in [-0.4, -0.2) is 46.5 Å². The molecular weight excluding hydrogens is 441 g/mol. The number of halogens is 3. The van der Waals surface area contributed by atoms with Gasteiger partial charge in [-0.3, -0.25) is 9.78 Å². The summed E-state index contributed by atoms with van der Waals surface area (Å²) in [4.78, 5) is 17.2. The summed E-state index contributed by atoms with van der Waals surface area (Å²) >= 11 is 0. The highest BCUT2D eigenvalue weighted by molar-refractivity contribution is 5.95. The number of benzene rings is 1. The Labute approximate surface area is 189 Å². The SMILES string of the molecule is COc1c([C@H]2[C@H](C(=O)Nc3ccc([C@@H](O)CO)nc3)OC(C)(C)[C@H]2C)cccc1C(F)(F)F. The van der Waals surface area contributed by atoms with E-state index in [0.29, 0.717) is 5.69 Å². The maximum absolute atomic E-state index is 13.6. The Morgan fingerprint density at radius 2 is 2.00 bits per heavy atom. The molecule has 3 rings (SSSR count). The van der Waals surface area contributed by atoms with E-state index in [9.17, 15) is 23.1 Å². The molecule has 1 fully saturated rings. The zero-order chi connectivity index (χ0) is 24.6. The van der Waals surface area contributed by atoms with Gasteiger partial charge in [0.25, 0.3) is 5.91 Å². The monoisotopic (exact) mass is 468 g/mol. The Bertz CT molecular complexity index is 995. The van der Waals surface area contributed by atoms with E-state index < -0.39 is 48.0 Å². The molecule has 0 unspecified atom stereocenters. The highest BCUT2D eigenvalue weighted by Crippen LogP contribution is 2.50. The zero-order valence-electron chi connectivity index (χ0n) is 18.7. The number of para-hydroxylation sites is 1. The van der Waals surface area contributed by atoms with E-state index in [2.05, 4.69) is 10.3 Å². The summed E-state index contributed by atoms with van der Waals surface area (Å²) in [6.07, 6.45) is -5.54. The first-order chi connectivity index (χ1) is 15.4. The Hall–Kier alpha value is -2.69. The van der Waals surface area contributed by atoms with Gasteiger partial charge in [-0.15, -0.1) is 0 Å². The van der Waals surface area contributed by atoms with Crippen LogP contribution in [0.5, 0.6) is 5.75 Å². The fourth-order valence-corrected chi connectivity index (χ4v) is 4.10. The molecule has 1 aliphatic rings. The van der Waals surface area contributed by atoms with Crippen LogP contribution in [0.1, 0.15) is 49.6 Å². The normalized spacial score (nSPS) is 23.2. The average molecular weight is 468 g/mol. The summed E-state index contributed by atoms with van der Waals surface area (Å²) in [6.45, 7) is 4.89. The molecule has 180 valence electrons. The number of aliphatic hydroxyl groups is 2. The molecule has 1 saturated heterocycles. The lowest BCUT2D eigenvalue weighted by atomic mass is 9.77. The van der Waals surface area contributed by atoms with Crippen LogP contribution >= 0.6 is 0 Å². The van der Waals surface area contributed by atoms with Gasteiger partial charge in [0, 0.05) is 11.5 Å². The minimum absolute atomic E-state index is 0.231. The van der Waals surface area contributed by atoms with Crippen LogP contribution in [-0.2, 0) is 15.7 Å². The third kappa shape index (κ3) is 4.97. The number of aliphatic hydroxyl groups excluding tert-OH is 2. The van der Waals surface area contributed by atoms with E-state index in [4.69, 9.17) is 14.6 Å². The number of carbonyl (C=O) groups is 1. The first kappa shape index (κ1) is 24.9.